The van der Waals surface area contributed by atoms with Crippen LogP contribution in [0.25, 0.3) is 22.6 Å². The van der Waals surface area contributed by atoms with E-state index in [2.05, 4.69) is 36.5 Å². The van der Waals surface area contributed by atoms with Gasteiger partial charge in [0.25, 0.3) is 0 Å². The van der Waals surface area contributed by atoms with Crippen molar-refractivity contribution in [3.63, 3.8) is 0 Å². The molecule has 0 spiro atoms. The predicted molar refractivity (Wildman–Crippen MR) is 97.3 cm³/mol. The number of rotatable bonds is 2. The molecule has 0 amide bonds. The average molecular weight is 408 g/mol. The van der Waals surface area contributed by atoms with E-state index in [0.717, 1.165) is 47.6 Å². The van der Waals surface area contributed by atoms with Crippen LogP contribution in [-0.4, -0.2) is 32.7 Å². The minimum Gasteiger partial charge on any atom is -0.381 e. The monoisotopic (exact) mass is 406 g/mol. The van der Waals surface area contributed by atoms with Gasteiger partial charge in [-0.2, -0.15) is 0 Å². The molecular weight excluding hydrogens is 392 g/mol. The molecule has 0 atom stereocenters. The molecule has 1 saturated heterocycles. The Hall–Kier alpha value is -1.50. The van der Waals surface area contributed by atoms with Crippen LogP contribution in [0, 0.1) is 6.92 Å². The lowest BCUT2D eigenvalue weighted by molar-refractivity contribution is 0.0708. The summed E-state index contributed by atoms with van der Waals surface area (Å²) in [5.74, 6) is 1.52. The van der Waals surface area contributed by atoms with Gasteiger partial charge in [0.15, 0.2) is 10.8 Å². The smallest absolute Gasteiger partial charge is 0.165 e. The van der Waals surface area contributed by atoms with Crippen LogP contribution in [0.5, 0.6) is 0 Å². The van der Waals surface area contributed by atoms with Gasteiger partial charge < -0.3 is 9.30 Å². The van der Waals surface area contributed by atoms with Crippen LogP contribution in [-0.2, 0) is 4.74 Å². The van der Waals surface area contributed by atoms with Gasteiger partial charge in [-0.05, 0) is 25.8 Å². The fourth-order valence-corrected chi connectivity index (χ4v) is 3.88. The maximum absolute atomic E-state index is 6.35. The van der Waals surface area contributed by atoms with E-state index in [1.807, 2.05) is 25.1 Å². The van der Waals surface area contributed by atoms with Gasteiger partial charge in [-0.25, -0.2) is 15.0 Å². The van der Waals surface area contributed by atoms with Crippen LogP contribution >= 0.6 is 27.5 Å². The van der Waals surface area contributed by atoms with E-state index < -0.39 is 0 Å². The third-order valence-electron chi connectivity index (χ3n) is 4.28. The lowest BCUT2D eigenvalue weighted by Gasteiger charge is -2.25. The van der Waals surface area contributed by atoms with Gasteiger partial charge in [0.05, 0.1) is 0 Å². The number of fused-ring (bicyclic) bond motifs is 1. The van der Waals surface area contributed by atoms with Gasteiger partial charge in [-0.1, -0.05) is 45.7 Å². The van der Waals surface area contributed by atoms with Crippen LogP contribution in [0.1, 0.15) is 24.7 Å². The van der Waals surface area contributed by atoms with Crippen LogP contribution in [0.3, 0.4) is 0 Å². The molecule has 0 bridgehead atoms. The first-order chi connectivity index (χ1) is 11.6. The molecule has 0 saturated carbocycles. The van der Waals surface area contributed by atoms with Crippen LogP contribution in [0.15, 0.2) is 28.7 Å². The molecule has 24 heavy (non-hydrogen) atoms. The molecular formula is C17H16BrClN4O. The second-order valence-electron chi connectivity index (χ2n) is 5.86. The van der Waals surface area contributed by atoms with E-state index in [-0.39, 0.29) is 6.04 Å². The van der Waals surface area contributed by atoms with E-state index in [4.69, 9.17) is 21.3 Å². The molecule has 0 N–H and O–H groups in total. The molecule has 1 fully saturated rings. The number of halogens is 2. The minimum absolute atomic E-state index is 0.288. The molecule has 3 aromatic rings. The molecule has 7 heteroatoms. The highest BCUT2D eigenvalue weighted by Crippen LogP contribution is 2.36. The SMILES string of the molecule is Cc1nc(Cl)c2nc(-c3ccccc3Br)n(C3CCOCC3)c2n1. The molecule has 2 aromatic heterocycles. The number of aryl methyl sites for hydroxylation is 1. The first kappa shape index (κ1) is 16.0. The van der Waals surface area contributed by atoms with Gasteiger partial charge in [0.2, 0.25) is 0 Å². The lowest BCUT2D eigenvalue weighted by atomic mass is 10.1. The van der Waals surface area contributed by atoms with Crippen LogP contribution < -0.4 is 0 Å². The number of nitrogens with zero attached hydrogens (tertiary/aromatic N) is 4. The predicted octanol–water partition coefficient (Wildman–Crippen LogP) is 4.57. The number of hydrogen-bond donors (Lipinski definition) is 0. The third kappa shape index (κ3) is 2.72. The molecule has 1 aromatic carbocycles. The molecule has 124 valence electrons. The third-order valence-corrected chi connectivity index (χ3v) is 5.23. The summed E-state index contributed by atoms with van der Waals surface area (Å²) in [6.07, 6.45) is 1.87. The molecule has 0 radical (unpaired) electrons. The molecule has 1 aliphatic heterocycles. The molecule has 5 nitrogen and oxygen atoms in total. The number of hydrogen-bond acceptors (Lipinski definition) is 4. The van der Waals surface area contributed by atoms with E-state index in [9.17, 15) is 0 Å². The average Bonchev–Trinajstić information content (AvgIpc) is 2.95. The van der Waals surface area contributed by atoms with Gasteiger partial charge in [-0.3, -0.25) is 0 Å². The molecule has 0 unspecified atom stereocenters. The number of benzene rings is 1. The lowest BCUT2D eigenvalue weighted by Crippen LogP contribution is -2.20. The van der Waals surface area contributed by atoms with Gasteiger partial charge in [0, 0.05) is 29.3 Å². The molecule has 0 aliphatic carbocycles. The van der Waals surface area contributed by atoms with E-state index in [0.29, 0.717) is 16.5 Å². The second-order valence-corrected chi connectivity index (χ2v) is 7.07. The summed E-state index contributed by atoms with van der Waals surface area (Å²) in [5, 5.41) is 0.400. The largest absolute Gasteiger partial charge is 0.381 e. The normalized spacial score (nSPS) is 16.0. The maximum atomic E-state index is 6.35. The Balaban J connectivity index is 2.01. The topological polar surface area (TPSA) is 52.8 Å². The Labute approximate surface area is 153 Å². The van der Waals surface area contributed by atoms with Crippen molar-refractivity contribution in [1.29, 1.82) is 0 Å². The van der Waals surface area contributed by atoms with Crippen molar-refractivity contribution in [3.8, 4) is 11.4 Å². The summed E-state index contributed by atoms with van der Waals surface area (Å²) >= 11 is 9.98. The summed E-state index contributed by atoms with van der Waals surface area (Å²) < 4.78 is 8.73. The second kappa shape index (κ2) is 6.43. The zero-order valence-electron chi connectivity index (χ0n) is 13.2. The summed E-state index contributed by atoms with van der Waals surface area (Å²) in [7, 11) is 0. The van der Waals surface area contributed by atoms with Crippen molar-refractivity contribution in [1.82, 2.24) is 19.5 Å². The highest BCUT2D eigenvalue weighted by molar-refractivity contribution is 9.10. The fraction of sp³-hybridized carbons (Fsp3) is 0.353. The van der Waals surface area contributed by atoms with E-state index in [1.165, 1.54) is 0 Å². The zero-order chi connectivity index (χ0) is 16.7. The van der Waals surface area contributed by atoms with Crippen molar-refractivity contribution in [3.05, 3.63) is 39.7 Å². The summed E-state index contributed by atoms with van der Waals surface area (Å²) in [4.78, 5) is 13.7. The standard InChI is InChI=1S/C17H16BrClN4O/c1-10-20-15(19)14-17(21-10)23(11-6-8-24-9-7-11)16(22-14)12-4-2-3-5-13(12)18/h2-5,11H,6-9H2,1H3. The molecule has 3 heterocycles. The molecule has 1 aliphatic rings. The highest BCUT2D eigenvalue weighted by Gasteiger charge is 2.25. The van der Waals surface area contributed by atoms with Crippen LogP contribution in [0.2, 0.25) is 5.15 Å². The van der Waals surface area contributed by atoms with Crippen molar-refractivity contribution in [2.45, 2.75) is 25.8 Å². The van der Waals surface area contributed by atoms with Gasteiger partial charge in [0.1, 0.15) is 17.2 Å². The first-order valence-electron chi connectivity index (χ1n) is 7.90. The Morgan fingerprint density at radius 1 is 1.17 bits per heavy atom. The maximum Gasteiger partial charge on any atom is 0.165 e. The first-order valence-corrected chi connectivity index (χ1v) is 9.07. The van der Waals surface area contributed by atoms with Crippen molar-refractivity contribution in [2.75, 3.05) is 13.2 Å². The quantitative estimate of drug-likeness (QED) is 0.584. The van der Waals surface area contributed by atoms with Gasteiger partial charge >= 0.3 is 0 Å². The van der Waals surface area contributed by atoms with Crippen molar-refractivity contribution >= 4 is 38.7 Å². The summed E-state index contributed by atoms with van der Waals surface area (Å²) in [6.45, 7) is 3.35. The van der Waals surface area contributed by atoms with E-state index in [1.54, 1.807) is 0 Å². The highest BCUT2D eigenvalue weighted by atomic mass is 79.9. The minimum atomic E-state index is 0.288. The van der Waals surface area contributed by atoms with Gasteiger partial charge in [-0.15, -0.1) is 0 Å². The summed E-state index contributed by atoms with van der Waals surface area (Å²) in [5.41, 5.74) is 2.47. The van der Waals surface area contributed by atoms with E-state index >= 15 is 0 Å². The Bertz CT molecular complexity index is 905. The number of aromatic nitrogens is 4. The Kier molecular flexibility index (Phi) is 4.28. The van der Waals surface area contributed by atoms with Crippen molar-refractivity contribution in [2.24, 2.45) is 0 Å². The Morgan fingerprint density at radius 2 is 1.92 bits per heavy atom. The zero-order valence-corrected chi connectivity index (χ0v) is 15.5. The van der Waals surface area contributed by atoms with Crippen molar-refractivity contribution < 1.29 is 4.74 Å². The molecule has 4 rings (SSSR count). The number of ether oxygens (including phenoxy) is 1. The number of imidazole rings is 1. The Morgan fingerprint density at radius 3 is 2.67 bits per heavy atom. The fourth-order valence-electron chi connectivity index (χ4n) is 3.16. The van der Waals surface area contributed by atoms with Crippen LogP contribution in [0.4, 0.5) is 0 Å². The summed E-state index contributed by atoms with van der Waals surface area (Å²) in [6, 6.07) is 8.35.